The molecule has 21 heavy (non-hydrogen) atoms. The Kier molecular flexibility index (Phi) is 5.45. The lowest BCUT2D eigenvalue weighted by atomic mass is 10.2. The molecule has 0 spiro atoms. The quantitative estimate of drug-likeness (QED) is 0.834. The summed E-state index contributed by atoms with van der Waals surface area (Å²) < 4.78 is 0. The van der Waals surface area contributed by atoms with E-state index >= 15 is 0 Å². The molecule has 2 N–H and O–H groups in total. The second-order valence-corrected chi connectivity index (χ2v) is 6.21. The van der Waals surface area contributed by atoms with Gasteiger partial charge in [0.15, 0.2) is 5.13 Å². The molecule has 1 amide bonds. The second kappa shape index (κ2) is 7.11. The molecule has 0 radical (unpaired) electrons. The van der Waals surface area contributed by atoms with Crippen molar-refractivity contribution in [1.29, 1.82) is 0 Å². The fourth-order valence-corrected chi connectivity index (χ4v) is 2.91. The van der Waals surface area contributed by atoms with Crippen LogP contribution in [0.3, 0.4) is 0 Å². The van der Waals surface area contributed by atoms with Crippen LogP contribution in [-0.4, -0.2) is 16.9 Å². The Hall–Kier alpha value is -1.30. The maximum absolute atomic E-state index is 12.3. The van der Waals surface area contributed by atoms with Crippen molar-refractivity contribution in [1.82, 2.24) is 4.98 Å². The lowest BCUT2D eigenvalue weighted by Crippen LogP contribution is -2.34. The number of anilines is 2. The SMILES string of the molecule is CC[C@@H](Nc1ccc(Cl)cc1Cl)C(=O)Nc1nc(C)cs1. The topological polar surface area (TPSA) is 54.0 Å². The average Bonchev–Trinajstić information content (AvgIpc) is 2.83. The third-order valence-corrected chi connectivity index (χ3v) is 4.26. The molecule has 0 aliphatic carbocycles. The van der Waals surface area contributed by atoms with E-state index in [2.05, 4.69) is 15.6 Å². The van der Waals surface area contributed by atoms with Crippen LogP contribution in [0.5, 0.6) is 0 Å². The van der Waals surface area contributed by atoms with Gasteiger partial charge in [-0.05, 0) is 31.5 Å². The summed E-state index contributed by atoms with van der Waals surface area (Å²) in [6.07, 6.45) is 0.620. The molecule has 1 aromatic heterocycles. The zero-order valence-corrected chi connectivity index (χ0v) is 13.9. The molecule has 0 saturated heterocycles. The van der Waals surface area contributed by atoms with Crippen molar-refractivity contribution in [2.24, 2.45) is 0 Å². The zero-order valence-electron chi connectivity index (χ0n) is 11.6. The first kappa shape index (κ1) is 16.1. The molecule has 0 unspecified atom stereocenters. The Bertz CT molecular complexity index is 645. The smallest absolute Gasteiger partial charge is 0.248 e. The Morgan fingerprint density at radius 3 is 2.76 bits per heavy atom. The molecule has 0 fully saturated rings. The van der Waals surface area contributed by atoms with Gasteiger partial charge in [0.25, 0.3) is 0 Å². The number of hydrogen-bond donors (Lipinski definition) is 2. The van der Waals surface area contributed by atoms with Crippen molar-refractivity contribution < 1.29 is 4.79 Å². The number of aryl methyl sites for hydroxylation is 1. The fraction of sp³-hybridized carbons (Fsp3) is 0.286. The van der Waals surface area contributed by atoms with Gasteiger partial charge in [0.05, 0.1) is 16.4 Å². The minimum atomic E-state index is -0.395. The van der Waals surface area contributed by atoms with Gasteiger partial charge in [-0.1, -0.05) is 30.1 Å². The van der Waals surface area contributed by atoms with Gasteiger partial charge >= 0.3 is 0 Å². The first-order valence-electron chi connectivity index (χ1n) is 6.44. The molecule has 1 aromatic carbocycles. The number of nitrogens with one attached hydrogen (secondary N) is 2. The number of carbonyl (C=O) groups is 1. The van der Waals surface area contributed by atoms with Crippen LogP contribution in [0.2, 0.25) is 10.0 Å². The Morgan fingerprint density at radius 1 is 1.43 bits per heavy atom. The average molecular weight is 344 g/mol. The number of nitrogens with zero attached hydrogens (tertiary/aromatic N) is 1. The van der Waals surface area contributed by atoms with E-state index in [-0.39, 0.29) is 5.91 Å². The highest BCUT2D eigenvalue weighted by atomic mass is 35.5. The number of rotatable bonds is 5. The third kappa shape index (κ3) is 4.33. The van der Waals surface area contributed by atoms with Gasteiger partial charge in [-0.25, -0.2) is 4.98 Å². The standard InChI is InChI=1S/C14H15Cl2N3OS/c1-3-11(13(20)19-14-17-8(2)7-21-14)18-12-5-4-9(15)6-10(12)16/h4-7,11,18H,3H2,1-2H3,(H,17,19,20)/t11-/m1/s1. The summed E-state index contributed by atoms with van der Waals surface area (Å²) in [4.78, 5) is 16.5. The second-order valence-electron chi connectivity index (χ2n) is 4.51. The summed E-state index contributed by atoms with van der Waals surface area (Å²) in [6.45, 7) is 3.81. The molecule has 1 heterocycles. The predicted octanol–water partition coefficient (Wildman–Crippen LogP) is 4.59. The van der Waals surface area contributed by atoms with Crippen molar-refractivity contribution in [3.05, 3.63) is 39.3 Å². The van der Waals surface area contributed by atoms with Crippen LogP contribution in [0.4, 0.5) is 10.8 Å². The van der Waals surface area contributed by atoms with Crippen molar-refractivity contribution >= 4 is 51.3 Å². The highest BCUT2D eigenvalue weighted by molar-refractivity contribution is 7.13. The molecule has 0 aliphatic heterocycles. The molecule has 4 nitrogen and oxygen atoms in total. The molecule has 0 bridgehead atoms. The van der Waals surface area contributed by atoms with Gasteiger partial charge in [-0.3, -0.25) is 4.79 Å². The molecule has 0 saturated carbocycles. The summed E-state index contributed by atoms with van der Waals surface area (Å²) in [5.74, 6) is -0.141. The molecule has 1 atom stereocenters. The van der Waals surface area contributed by atoms with Gasteiger partial charge < -0.3 is 10.6 Å². The van der Waals surface area contributed by atoms with Crippen molar-refractivity contribution in [2.75, 3.05) is 10.6 Å². The van der Waals surface area contributed by atoms with Crippen LogP contribution in [0.15, 0.2) is 23.6 Å². The van der Waals surface area contributed by atoms with E-state index in [0.717, 1.165) is 5.69 Å². The molecule has 2 rings (SSSR count). The monoisotopic (exact) mass is 343 g/mol. The number of hydrogen-bond acceptors (Lipinski definition) is 4. The molecular formula is C14H15Cl2N3OS. The summed E-state index contributed by atoms with van der Waals surface area (Å²) in [5, 5.41) is 9.45. The summed E-state index contributed by atoms with van der Waals surface area (Å²) in [7, 11) is 0. The van der Waals surface area contributed by atoms with Gasteiger partial charge in [0, 0.05) is 10.4 Å². The summed E-state index contributed by atoms with van der Waals surface area (Å²) >= 11 is 13.4. The number of halogens is 2. The van der Waals surface area contributed by atoms with E-state index in [1.165, 1.54) is 11.3 Å². The molecule has 7 heteroatoms. The van der Waals surface area contributed by atoms with Crippen molar-refractivity contribution in [3.63, 3.8) is 0 Å². The maximum atomic E-state index is 12.3. The normalized spacial score (nSPS) is 12.0. The maximum Gasteiger partial charge on any atom is 0.248 e. The summed E-state index contributed by atoms with van der Waals surface area (Å²) in [6, 6.07) is 4.73. The Balaban J connectivity index is 2.06. The predicted molar refractivity (Wildman–Crippen MR) is 89.6 cm³/mol. The lowest BCUT2D eigenvalue weighted by molar-refractivity contribution is -0.116. The van der Waals surface area contributed by atoms with E-state index in [9.17, 15) is 4.79 Å². The first-order chi connectivity index (χ1) is 9.99. The number of aromatic nitrogens is 1. The largest absolute Gasteiger partial charge is 0.372 e. The minimum Gasteiger partial charge on any atom is -0.372 e. The van der Waals surface area contributed by atoms with Crippen LogP contribution in [0.1, 0.15) is 19.0 Å². The number of thiazole rings is 1. The fourth-order valence-electron chi connectivity index (χ4n) is 1.75. The number of amides is 1. The van der Waals surface area contributed by atoms with E-state index in [0.29, 0.717) is 27.3 Å². The third-order valence-electron chi connectivity index (χ3n) is 2.83. The number of benzene rings is 1. The molecule has 2 aromatic rings. The van der Waals surface area contributed by atoms with E-state index in [1.807, 2.05) is 19.2 Å². The minimum absolute atomic E-state index is 0.141. The summed E-state index contributed by atoms with van der Waals surface area (Å²) in [5.41, 5.74) is 1.57. The Morgan fingerprint density at radius 2 is 2.19 bits per heavy atom. The van der Waals surface area contributed by atoms with Crippen LogP contribution in [0.25, 0.3) is 0 Å². The van der Waals surface area contributed by atoms with Gasteiger partial charge in [0.1, 0.15) is 6.04 Å². The van der Waals surface area contributed by atoms with E-state index < -0.39 is 6.04 Å². The van der Waals surface area contributed by atoms with Crippen LogP contribution >= 0.6 is 34.5 Å². The van der Waals surface area contributed by atoms with E-state index in [1.54, 1.807) is 18.2 Å². The van der Waals surface area contributed by atoms with Crippen LogP contribution in [0, 0.1) is 6.92 Å². The van der Waals surface area contributed by atoms with Crippen LogP contribution < -0.4 is 10.6 Å². The highest BCUT2D eigenvalue weighted by Crippen LogP contribution is 2.26. The lowest BCUT2D eigenvalue weighted by Gasteiger charge is -2.18. The zero-order chi connectivity index (χ0) is 15.4. The first-order valence-corrected chi connectivity index (χ1v) is 8.07. The molecular weight excluding hydrogens is 329 g/mol. The highest BCUT2D eigenvalue weighted by Gasteiger charge is 2.18. The molecule has 112 valence electrons. The van der Waals surface area contributed by atoms with Gasteiger partial charge in [-0.15, -0.1) is 11.3 Å². The number of carbonyl (C=O) groups excluding carboxylic acids is 1. The van der Waals surface area contributed by atoms with Gasteiger partial charge in [0.2, 0.25) is 5.91 Å². The van der Waals surface area contributed by atoms with Crippen molar-refractivity contribution in [2.45, 2.75) is 26.3 Å². The van der Waals surface area contributed by atoms with Crippen LogP contribution in [-0.2, 0) is 4.79 Å². The van der Waals surface area contributed by atoms with Gasteiger partial charge in [-0.2, -0.15) is 0 Å². The van der Waals surface area contributed by atoms with E-state index in [4.69, 9.17) is 23.2 Å². The molecule has 0 aliphatic rings. The van der Waals surface area contributed by atoms with Crippen molar-refractivity contribution in [3.8, 4) is 0 Å². The Labute approximate surface area is 137 Å².